The van der Waals surface area contributed by atoms with Crippen LogP contribution in [0.4, 0.5) is 34.1 Å². The molecular formula is C46H36N2O4. The number of nitrogens with zero attached hydrogens (tertiary/aromatic N) is 2. The van der Waals surface area contributed by atoms with Gasteiger partial charge in [-0.05, 0) is 110 Å². The van der Waals surface area contributed by atoms with Crippen LogP contribution >= 0.6 is 0 Å². The lowest BCUT2D eigenvalue weighted by molar-refractivity contribution is -0.131. The zero-order chi connectivity index (χ0) is 35.9. The van der Waals surface area contributed by atoms with Gasteiger partial charge >= 0.3 is 11.9 Å². The Morgan fingerprint density at radius 2 is 0.635 bits per heavy atom. The van der Waals surface area contributed by atoms with Crippen LogP contribution in [0.2, 0.25) is 0 Å². The van der Waals surface area contributed by atoms with E-state index < -0.39 is 11.9 Å². The van der Waals surface area contributed by atoms with Gasteiger partial charge in [-0.1, -0.05) is 97.1 Å². The van der Waals surface area contributed by atoms with Gasteiger partial charge in [-0.2, -0.15) is 0 Å². The normalized spacial score (nSPS) is 13.6. The number of rotatable bonds is 8. The van der Waals surface area contributed by atoms with Gasteiger partial charge in [0.25, 0.3) is 0 Å². The third-order valence-corrected chi connectivity index (χ3v) is 9.71. The van der Waals surface area contributed by atoms with E-state index in [1.807, 2.05) is 97.1 Å². The van der Waals surface area contributed by atoms with Crippen molar-refractivity contribution >= 4 is 57.2 Å². The standard InChI is InChI=1S/C46H36N2O4/c1-29-13-5-9-17-37(29)47(38-18-10-6-14-30(38)2)35-25-21-33(22-26-35)41-43-44(52-45(41)49)42(46(50)51-43)34-23-27-36(28-24-34)48(39-19-11-7-15-31(39)3)40-20-12-8-16-32(40)4/h5-28H,1-4H3. The van der Waals surface area contributed by atoms with Crippen LogP contribution in [-0.4, -0.2) is 11.9 Å². The first-order valence-corrected chi connectivity index (χ1v) is 17.3. The molecule has 2 aliphatic heterocycles. The summed E-state index contributed by atoms with van der Waals surface area (Å²) in [6, 6.07) is 48.4. The molecule has 6 nitrogen and oxygen atoms in total. The Balaban J connectivity index is 1.15. The third kappa shape index (κ3) is 5.64. The molecule has 8 rings (SSSR count). The van der Waals surface area contributed by atoms with E-state index in [4.69, 9.17) is 9.47 Å². The summed E-state index contributed by atoms with van der Waals surface area (Å²) in [6.07, 6.45) is 0. The van der Waals surface area contributed by atoms with Crippen molar-refractivity contribution in [3.63, 3.8) is 0 Å². The lowest BCUT2D eigenvalue weighted by Crippen LogP contribution is -2.13. The molecule has 52 heavy (non-hydrogen) atoms. The number of fused-ring (bicyclic) bond motifs is 1. The van der Waals surface area contributed by atoms with Gasteiger partial charge in [0.1, 0.15) is 11.1 Å². The summed E-state index contributed by atoms with van der Waals surface area (Å²) in [5.74, 6) is -0.811. The van der Waals surface area contributed by atoms with E-state index in [1.54, 1.807) is 0 Å². The number of esters is 2. The maximum absolute atomic E-state index is 13.4. The molecule has 2 aliphatic rings. The maximum Gasteiger partial charge on any atom is 0.348 e. The van der Waals surface area contributed by atoms with E-state index >= 15 is 0 Å². The van der Waals surface area contributed by atoms with E-state index in [1.165, 1.54) is 0 Å². The molecule has 0 fully saturated rings. The number of para-hydroxylation sites is 4. The van der Waals surface area contributed by atoms with Crippen LogP contribution in [0, 0.1) is 27.7 Å². The Morgan fingerprint density at radius 3 is 0.904 bits per heavy atom. The molecule has 0 amide bonds. The van der Waals surface area contributed by atoms with E-state index in [2.05, 4.69) is 86.0 Å². The molecule has 0 atom stereocenters. The second-order valence-corrected chi connectivity index (χ2v) is 13.1. The number of hydrogen-bond acceptors (Lipinski definition) is 6. The van der Waals surface area contributed by atoms with Gasteiger partial charge in [-0.25, -0.2) is 9.59 Å². The third-order valence-electron chi connectivity index (χ3n) is 9.71. The van der Waals surface area contributed by atoms with Gasteiger partial charge in [0.15, 0.2) is 11.5 Å². The van der Waals surface area contributed by atoms with Crippen LogP contribution in [0.25, 0.3) is 11.1 Å². The zero-order valence-electron chi connectivity index (χ0n) is 29.4. The Bertz CT molecular complexity index is 2180. The fourth-order valence-corrected chi connectivity index (χ4v) is 7.02. The number of benzene rings is 6. The highest BCUT2D eigenvalue weighted by Gasteiger charge is 2.43. The summed E-state index contributed by atoms with van der Waals surface area (Å²) in [4.78, 5) is 31.3. The average Bonchev–Trinajstić information content (AvgIpc) is 3.64. The molecule has 0 aliphatic carbocycles. The first-order valence-electron chi connectivity index (χ1n) is 17.3. The van der Waals surface area contributed by atoms with Crippen molar-refractivity contribution in [2.75, 3.05) is 9.80 Å². The predicted octanol–water partition coefficient (Wildman–Crippen LogP) is 11.1. The molecule has 0 aromatic heterocycles. The Kier molecular flexibility index (Phi) is 8.28. The molecule has 0 unspecified atom stereocenters. The number of carbonyl (C=O) groups excluding carboxylic acids is 2. The van der Waals surface area contributed by atoms with Gasteiger partial charge in [0.2, 0.25) is 0 Å². The second kappa shape index (κ2) is 13.2. The fraction of sp³-hybridized carbons (Fsp3) is 0.0870. The van der Waals surface area contributed by atoms with E-state index in [9.17, 15) is 9.59 Å². The van der Waals surface area contributed by atoms with Crippen LogP contribution in [0.5, 0.6) is 0 Å². The van der Waals surface area contributed by atoms with Crippen molar-refractivity contribution in [1.82, 2.24) is 0 Å². The van der Waals surface area contributed by atoms with Gasteiger partial charge in [-0.3, -0.25) is 0 Å². The second-order valence-electron chi connectivity index (χ2n) is 13.1. The highest BCUT2D eigenvalue weighted by atomic mass is 16.6. The Hall–Kier alpha value is -6.66. The smallest absolute Gasteiger partial charge is 0.348 e. The Morgan fingerprint density at radius 1 is 0.365 bits per heavy atom. The van der Waals surface area contributed by atoms with Gasteiger partial charge < -0.3 is 19.3 Å². The first kappa shape index (κ1) is 32.5. The van der Waals surface area contributed by atoms with Crippen LogP contribution in [0.15, 0.2) is 157 Å². The van der Waals surface area contributed by atoms with Crippen LogP contribution in [-0.2, 0) is 19.1 Å². The summed E-state index contributed by atoms with van der Waals surface area (Å²) in [5.41, 5.74) is 12.2. The van der Waals surface area contributed by atoms with Crippen molar-refractivity contribution in [1.29, 1.82) is 0 Å². The van der Waals surface area contributed by atoms with Gasteiger partial charge in [-0.15, -0.1) is 0 Å². The average molecular weight is 681 g/mol. The largest absolute Gasteiger partial charge is 0.418 e. The lowest BCUT2D eigenvalue weighted by Gasteiger charge is -2.28. The molecular weight excluding hydrogens is 645 g/mol. The summed E-state index contributed by atoms with van der Waals surface area (Å²) < 4.78 is 11.6. The maximum atomic E-state index is 13.4. The highest BCUT2D eigenvalue weighted by Crippen LogP contribution is 2.46. The minimum Gasteiger partial charge on any atom is -0.418 e. The van der Waals surface area contributed by atoms with Crippen LogP contribution < -0.4 is 9.80 Å². The molecule has 254 valence electrons. The molecule has 0 saturated carbocycles. The quantitative estimate of drug-likeness (QED) is 0.149. The predicted molar refractivity (Wildman–Crippen MR) is 207 cm³/mol. The van der Waals surface area contributed by atoms with Crippen molar-refractivity contribution in [3.05, 3.63) is 190 Å². The van der Waals surface area contributed by atoms with E-state index in [0.717, 1.165) is 56.4 Å². The first-order chi connectivity index (χ1) is 25.3. The molecule has 2 heterocycles. The molecule has 0 spiro atoms. The topological polar surface area (TPSA) is 59.1 Å². The van der Waals surface area contributed by atoms with Crippen molar-refractivity contribution < 1.29 is 19.1 Å². The summed E-state index contributed by atoms with van der Waals surface area (Å²) in [7, 11) is 0. The molecule has 0 saturated heterocycles. The van der Waals surface area contributed by atoms with Gasteiger partial charge in [0, 0.05) is 34.1 Å². The summed E-state index contributed by atoms with van der Waals surface area (Å²) in [5, 5.41) is 0. The van der Waals surface area contributed by atoms with E-state index in [0.29, 0.717) is 11.1 Å². The number of ether oxygens (including phenoxy) is 2. The molecule has 0 N–H and O–H groups in total. The fourth-order valence-electron chi connectivity index (χ4n) is 7.02. The monoisotopic (exact) mass is 680 g/mol. The SMILES string of the molecule is Cc1ccccc1N(c1ccc(C2=C3OC(=O)C(c4ccc(N(c5ccccc5C)c5ccccc5C)cc4)=C3OC2=O)cc1)c1ccccc1C. The van der Waals surface area contributed by atoms with Crippen molar-refractivity contribution in [2.45, 2.75) is 27.7 Å². The molecule has 0 radical (unpaired) electrons. The Labute approximate surface area is 303 Å². The minimum atomic E-state index is -0.556. The summed E-state index contributed by atoms with van der Waals surface area (Å²) >= 11 is 0. The zero-order valence-corrected chi connectivity index (χ0v) is 29.4. The molecule has 6 heteroatoms. The van der Waals surface area contributed by atoms with Crippen molar-refractivity contribution in [2.24, 2.45) is 0 Å². The molecule has 6 aromatic rings. The lowest BCUT2D eigenvalue weighted by atomic mass is 10.0. The van der Waals surface area contributed by atoms with Crippen LogP contribution in [0.1, 0.15) is 33.4 Å². The number of aryl methyl sites for hydroxylation is 4. The van der Waals surface area contributed by atoms with Crippen molar-refractivity contribution in [3.8, 4) is 0 Å². The van der Waals surface area contributed by atoms with E-state index in [-0.39, 0.29) is 22.7 Å². The number of anilines is 6. The number of hydrogen-bond donors (Lipinski definition) is 0. The molecule has 6 aromatic carbocycles. The van der Waals surface area contributed by atoms with Crippen LogP contribution in [0.3, 0.4) is 0 Å². The minimum absolute atomic E-state index is 0.151. The highest BCUT2D eigenvalue weighted by molar-refractivity contribution is 6.29. The molecule has 0 bridgehead atoms. The van der Waals surface area contributed by atoms with Gasteiger partial charge in [0.05, 0.1) is 0 Å². The number of carbonyl (C=O) groups is 2. The summed E-state index contributed by atoms with van der Waals surface area (Å²) in [6.45, 7) is 8.36.